The van der Waals surface area contributed by atoms with Crippen molar-refractivity contribution < 1.29 is 87.9 Å². The summed E-state index contributed by atoms with van der Waals surface area (Å²) in [5.41, 5.74) is 0. The summed E-state index contributed by atoms with van der Waals surface area (Å²) in [5.74, 6) is -53.9. The van der Waals surface area contributed by atoms with Gasteiger partial charge in [-0.1, -0.05) is 0 Å². The second kappa shape index (κ2) is 9.65. The molecule has 21 heteroatoms. The zero-order valence-electron chi connectivity index (χ0n) is 17.3. The third-order valence-electron chi connectivity index (χ3n) is 4.48. The van der Waals surface area contributed by atoms with Crippen molar-refractivity contribution in [3.63, 3.8) is 0 Å². The van der Waals surface area contributed by atoms with Crippen molar-refractivity contribution in [3.05, 3.63) is 0 Å². The van der Waals surface area contributed by atoms with Crippen LogP contribution in [0, 0.1) is 0 Å². The van der Waals surface area contributed by atoms with E-state index in [-0.39, 0.29) is 0 Å². The molecule has 35 heavy (non-hydrogen) atoms. The van der Waals surface area contributed by atoms with Crippen molar-refractivity contribution in [1.82, 2.24) is 0 Å². The topological polar surface area (TPSA) is 27.7 Å². The van der Waals surface area contributed by atoms with Crippen molar-refractivity contribution in [1.29, 1.82) is 0 Å². The molecule has 0 amide bonds. The molecule has 0 aromatic rings. The number of hydrogen-bond acceptors (Lipinski definition) is 3. The summed E-state index contributed by atoms with van der Waals surface area (Å²) in [4.78, 5) is 0. The Bertz CT molecular complexity index is 717. The molecule has 0 heterocycles. The summed E-state index contributed by atoms with van der Waals surface area (Å²) in [6.07, 6.45) is -12.2. The highest BCUT2D eigenvalue weighted by atomic mass is 28.4. The summed E-state index contributed by atoms with van der Waals surface area (Å²) in [5, 5.41) is 0. The van der Waals surface area contributed by atoms with E-state index >= 15 is 0 Å². The number of halogens is 17. The lowest BCUT2D eigenvalue weighted by Crippen LogP contribution is -2.73. The molecule has 0 aromatic heterocycles. The lowest BCUT2D eigenvalue weighted by atomic mass is 9.88. The van der Waals surface area contributed by atoms with Gasteiger partial charge in [0.2, 0.25) is 0 Å². The lowest BCUT2D eigenvalue weighted by Gasteiger charge is -2.43. The molecule has 0 aliphatic heterocycles. The highest BCUT2D eigenvalue weighted by Crippen LogP contribution is 2.62. The van der Waals surface area contributed by atoms with Crippen LogP contribution < -0.4 is 0 Å². The quantitative estimate of drug-likeness (QED) is 0.180. The fourth-order valence-electron chi connectivity index (χ4n) is 2.02. The average molecular weight is 582 g/mol. The van der Waals surface area contributed by atoms with Gasteiger partial charge < -0.3 is 13.3 Å². The Labute approximate surface area is 185 Å². The Kier molecular flexibility index (Phi) is 9.35. The summed E-state index contributed by atoms with van der Waals surface area (Å²) in [6, 6.07) is 0. The maximum atomic E-state index is 13.7. The minimum atomic E-state index is -8.39. The predicted molar refractivity (Wildman–Crippen MR) is 81.5 cm³/mol. The summed E-state index contributed by atoms with van der Waals surface area (Å²) >= 11 is 0. The largest absolute Gasteiger partial charge is 0.497 e. The number of alkyl halides is 17. The van der Waals surface area contributed by atoms with Crippen LogP contribution >= 0.6 is 0 Å². The molecule has 0 bridgehead atoms. The Hall–Kier alpha value is -1.09. The van der Waals surface area contributed by atoms with Crippen LogP contribution in [-0.2, 0) is 13.3 Å². The second-order valence-electron chi connectivity index (χ2n) is 6.96. The molecule has 212 valence electrons. The fourth-order valence-corrected chi connectivity index (χ4v) is 2.87. The monoisotopic (exact) mass is 582 g/mol. The summed E-state index contributed by atoms with van der Waals surface area (Å²) < 4.78 is 239. The summed E-state index contributed by atoms with van der Waals surface area (Å²) in [6.45, 7) is -2.33. The van der Waals surface area contributed by atoms with Crippen LogP contribution in [0.15, 0.2) is 0 Å². The second-order valence-corrected chi connectivity index (χ2v) is 9.79. The Morgan fingerprint density at radius 1 is 0.486 bits per heavy atom. The molecule has 0 aliphatic carbocycles. The normalized spacial score (nSPS) is 16.1. The maximum absolute atomic E-state index is 13.7. The van der Waals surface area contributed by atoms with Crippen LogP contribution in [0.5, 0.6) is 0 Å². The molecule has 0 aliphatic rings. The van der Waals surface area contributed by atoms with Gasteiger partial charge in [0.1, 0.15) is 6.61 Å². The molecular formula is C14H15F17O3Si. The van der Waals surface area contributed by atoms with Gasteiger partial charge in [-0.2, -0.15) is 74.6 Å². The van der Waals surface area contributed by atoms with Crippen LogP contribution in [0.1, 0.15) is 12.8 Å². The van der Waals surface area contributed by atoms with Gasteiger partial charge in [-0.25, -0.2) is 0 Å². The number of rotatable bonds is 13. The molecule has 0 rings (SSSR count). The van der Waals surface area contributed by atoms with E-state index in [2.05, 4.69) is 13.3 Å². The van der Waals surface area contributed by atoms with Gasteiger partial charge in [-0.3, -0.25) is 0 Å². The van der Waals surface area contributed by atoms with E-state index in [0.717, 1.165) is 0 Å². The Balaban J connectivity index is 6.39. The zero-order valence-corrected chi connectivity index (χ0v) is 18.3. The first-order valence-electron chi connectivity index (χ1n) is 8.49. The standard InChI is InChI=1S/C14H15F17O3Si/c1-32-35(3,33-2)34-6-8(17,18)11(24,25)13(28,29)14(30,31)12(26,27)10(22,23)7(15,16)4-5-9(19,20)21/h4-6H2,1-3H3. The fraction of sp³-hybridized carbons (Fsp3) is 1.00. The van der Waals surface area contributed by atoms with E-state index in [9.17, 15) is 74.6 Å². The van der Waals surface area contributed by atoms with Crippen LogP contribution in [-0.4, -0.2) is 77.3 Å². The highest BCUT2D eigenvalue weighted by Gasteiger charge is 2.92. The van der Waals surface area contributed by atoms with Gasteiger partial charge in [0.05, 0.1) is 0 Å². The molecule has 0 N–H and O–H groups in total. The van der Waals surface area contributed by atoms with Crippen LogP contribution in [0.25, 0.3) is 0 Å². The molecule has 0 aromatic carbocycles. The van der Waals surface area contributed by atoms with Crippen molar-refractivity contribution in [2.75, 3.05) is 20.8 Å². The third kappa shape index (κ3) is 5.91. The predicted octanol–water partition coefficient (Wildman–Crippen LogP) is 6.65. The van der Waals surface area contributed by atoms with E-state index in [0.29, 0.717) is 20.8 Å². The molecule has 0 unspecified atom stereocenters. The smallest absolute Gasteiger partial charge is 0.377 e. The first-order chi connectivity index (χ1) is 15.0. The molecule has 0 atom stereocenters. The van der Waals surface area contributed by atoms with E-state index in [1.54, 1.807) is 0 Å². The lowest BCUT2D eigenvalue weighted by molar-refractivity contribution is -0.443. The number of hydrogen-bond donors (Lipinski definition) is 0. The van der Waals surface area contributed by atoms with E-state index < -0.39 is 75.9 Å². The molecule has 0 saturated heterocycles. The van der Waals surface area contributed by atoms with Crippen molar-refractivity contribution in [2.24, 2.45) is 0 Å². The van der Waals surface area contributed by atoms with Gasteiger partial charge in [0.25, 0.3) is 0 Å². The van der Waals surface area contributed by atoms with Crippen LogP contribution in [0.2, 0.25) is 6.55 Å². The minimum absolute atomic E-state index is 0.663. The minimum Gasteiger partial charge on any atom is -0.377 e. The van der Waals surface area contributed by atoms with Crippen molar-refractivity contribution >= 4 is 8.80 Å². The highest BCUT2D eigenvalue weighted by molar-refractivity contribution is 6.59. The molecule has 0 spiro atoms. The Morgan fingerprint density at radius 2 is 0.800 bits per heavy atom. The maximum Gasteiger partial charge on any atom is 0.497 e. The van der Waals surface area contributed by atoms with Gasteiger partial charge in [0.15, 0.2) is 0 Å². The zero-order chi connectivity index (χ0) is 28.7. The molecule has 3 nitrogen and oxygen atoms in total. The molecule has 0 saturated carbocycles. The average Bonchev–Trinajstić information content (AvgIpc) is 2.69. The van der Waals surface area contributed by atoms with Gasteiger partial charge in [-0.05, 0) is 0 Å². The van der Waals surface area contributed by atoms with E-state index in [1.165, 1.54) is 0 Å². The van der Waals surface area contributed by atoms with Gasteiger partial charge >= 0.3 is 56.4 Å². The SMILES string of the molecule is CO[Si](C)(OC)OCC(F)(F)C(F)(F)C(F)(F)C(F)(F)C(F)(F)C(F)(F)C(F)(F)CCC(F)(F)F. The third-order valence-corrected chi connectivity index (χ3v) is 6.63. The first kappa shape index (κ1) is 33.9. The van der Waals surface area contributed by atoms with Gasteiger partial charge in [0, 0.05) is 33.6 Å². The Morgan fingerprint density at radius 3 is 1.11 bits per heavy atom. The van der Waals surface area contributed by atoms with E-state index in [4.69, 9.17) is 0 Å². The van der Waals surface area contributed by atoms with Crippen LogP contribution in [0.4, 0.5) is 74.6 Å². The first-order valence-corrected chi connectivity index (χ1v) is 10.7. The van der Waals surface area contributed by atoms with Crippen molar-refractivity contribution in [3.8, 4) is 0 Å². The molecule has 0 radical (unpaired) electrons. The summed E-state index contributed by atoms with van der Waals surface area (Å²) in [7, 11) is -2.99. The molecule has 0 fully saturated rings. The molecular weight excluding hydrogens is 567 g/mol. The van der Waals surface area contributed by atoms with E-state index in [1.807, 2.05) is 0 Å². The van der Waals surface area contributed by atoms with Crippen LogP contribution in [0.3, 0.4) is 0 Å². The van der Waals surface area contributed by atoms with Gasteiger partial charge in [-0.15, -0.1) is 0 Å². The van der Waals surface area contributed by atoms with Crippen molar-refractivity contribution in [2.45, 2.75) is 67.0 Å².